The van der Waals surface area contributed by atoms with Crippen molar-refractivity contribution in [1.82, 2.24) is 4.31 Å². The van der Waals surface area contributed by atoms with Gasteiger partial charge in [0.2, 0.25) is 0 Å². The van der Waals surface area contributed by atoms with Gasteiger partial charge in [-0.15, -0.1) is 11.3 Å². The van der Waals surface area contributed by atoms with Gasteiger partial charge in [0.25, 0.3) is 15.9 Å². The van der Waals surface area contributed by atoms with Gasteiger partial charge in [0, 0.05) is 18.8 Å². The number of sulfonamides is 1. The number of halogens is 4. The van der Waals surface area contributed by atoms with Crippen LogP contribution < -0.4 is 5.32 Å². The molecule has 1 amide bonds. The summed E-state index contributed by atoms with van der Waals surface area (Å²) in [4.78, 5) is 24.2. The van der Waals surface area contributed by atoms with Gasteiger partial charge in [-0.1, -0.05) is 17.7 Å². The summed E-state index contributed by atoms with van der Waals surface area (Å²) in [6.45, 7) is -0.412. The molecule has 0 unspecified atom stereocenters. The van der Waals surface area contributed by atoms with Crippen molar-refractivity contribution in [3.05, 3.63) is 46.3 Å². The molecule has 13 heteroatoms. The number of benzene rings is 1. The highest BCUT2D eigenvalue weighted by Crippen LogP contribution is 2.36. The molecule has 1 N–H and O–H groups in total. The number of carbonyl (C=O) groups excluding carboxylic acids is 2. The van der Waals surface area contributed by atoms with Gasteiger partial charge >= 0.3 is 12.1 Å². The molecule has 1 aromatic carbocycles. The third-order valence-electron chi connectivity index (χ3n) is 4.78. The Morgan fingerprint density at radius 3 is 2.50 bits per heavy atom. The number of hydrogen-bond acceptors (Lipinski definition) is 6. The van der Waals surface area contributed by atoms with Crippen molar-refractivity contribution in [3.63, 3.8) is 0 Å². The number of piperidine rings is 1. The van der Waals surface area contributed by atoms with Crippen molar-refractivity contribution in [2.24, 2.45) is 5.92 Å². The fourth-order valence-corrected chi connectivity index (χ4v) is 5.98. The molecule has 0 bridgehead atoms. The molecule has 0 radical (unpaired) electrons. The first kappa shape index (κ1) is 24.5. The number of anilines is 1. The van der Waals surface area contributed by atoms with Crippen LogP contribution in [-0.2, 0) is 30.5 Å². The number of nitrogens with one attached hydrogen (secondary N) is 1. The quantitative estimate of drug-likeness (QED) is 0.593. The fourth-order valence-electron chi connectivity index (χ4n) is 3.14. The van der Waals surface area contributed by atoms with Crippen molar-refractivity contribution in [1.29, 1.82) is 0 Å². The molecule has 32 heavy (non-hydrogen) atoms. The Kier molecular flexibility index (Phi) is 7.48. The van der Waals surface area contributed by atoms with Crippen LogP contribution in [0.15, 0.2) is 39.9 Å². The lowest BCUT2D eigenvalue weighted by Crippen LogP contribution is -2.40. The number of amides is 1. The lowest BCUT2D eigenvalue weighted by molar-refractivity contribution is -0.152. The van der Waals surface area contributed by atoms with E-state index in [9.17, 15) is 31.2 Å². The Balaban J connectivity index is 1.49. The van der Waals surface area contributed by atoms with E-state index in [0.717, 1.165) is 17.4 Å². The number of alkyl halides is 3. The van der Waals surface area contributed by atoms with Gasteiger partial charge in [0.1, 0.15) is 4.21 Å². The molecule has 0 saturated carbocycles. The van der Waals surface area contributed by atoms with Gasteiger partial charge in [-0.25, -0.2) is 8.42 Å². The first-order valence-electron chi connectivity index (χ1n) is 9.35. The standard InChI is InChI=1S/C19H18ClF3N2O5S2/c20-15-4-3-13(10-14(15)19(21,22)23)24-16(26)11-30-18(27)12-5-7-25(8-6-12)32(28,29)17-2-1-9-31-17/h1-4,9-10,12H,5-8,11H2,(H,24,26). The van der Waals surface area contributed by atoms with Crippen molar-refractivity contribution in [2.45, 2.75) is 23.2 Å². The predicted molar refractivity (Wildman–Crippen MR) is 112 cm³/mol. The summed E-state index contributed by atoms with van der Waals surface area (Å²) in [7, 11) is -3.60. The number of esters is 1. The van der Waals surface area contributed by atoms with Crippen LogP contribution in [0.4, 0.5) is 18.9 Å². The minimum Gasteiger partial charge on any atom is -0.455 e. The van der Waals surface area contributed by atoms with E-state index in [2.05, 4.69) is 5.32 Å². The molecule has 2 aromatic rings. The molecular weight excluding hydrogens is 493 g/mol. The second-order valence-corrected chi connectivity index (χ2v) is 10.5. The van der Waals surface area contributed by atoms with E-state index in [1.807, 2.05) is 0 Å². The minimum absolute atomic E-state index is 0.136. The first-order chi connectivity index (χ1) is 15.0. The average Bonchev–Trinajstić information content (AvgIpc) is 3.28. The highest BCUT2D eigenvalue weighted by molar-refractivity contribution is 7.91. The van der Waals surface area contributed by atoms with Gasteiger partial charge < -0.3 is 10.1 Å². The smallest absolute Gasteiger partial charge is 0.417 e. The molecule has 0 aliphatic carbocycles. The van der Waals surface area contributed by atoms with E-state index < -0.39 is 51.2 Å². The summed E-state index contributed by atoms with van der Waals surface area (Å²) in [5.74, 6) is -2.06. The van der Waals surface area contributed by atoms with E-state index in [0.29, 0.717) is 6.07 Å². The van der Waals surface area contributed by atoms with Crippen LogP contribution in [0.5, 0.6) is 0 Å². The Bertz CT molecular complexity index is 1080. The number of rotatable bonds is 6. The summed E-state index contributed by atoms with van der Waals surface area (Å²) in [5, 5.41) is 3.38. The molecule has 174 valence electrons. The van der Waals surface area contributed by atoms with E-state index in [1.54, 1.807) is 11.4 Å². The molecule has 2 heterocycles. The Morgan fingerprint density at radius 2 is 1.91 bits per heavy atom. The van der Waals surface area contributed by atoms with Crippen LogP contribution in [0.1, 0.15) is 18.4 Å². The summed E-state index contributed by atoms with van der Waals surface area (Å²) in [5.41, 5.74) is -1.24. The zero-order valence-corrected chi connectivity index (χ0v) is 18.8. The van der Waals surface area contributed by atoms with E-state index >= 15 is 0 Å². The van der Waals surface area contributed by atoms with Crippen LogP contribution >= 0.6 is 22.9 Å². The van der Waals surface area contributed by atoms with E-state index in [-0.39, 0.29) is 35.8 Å². The number of carbonyl (C=O) groups is 2. The summed E-state index contributed by atoms with van der Waals surface area (Å²) in [6, 6.07) is 6.04. The maximum Gasteiger partial charge on any atom is 0.417 e. The van der Waals surface area contributed by atoms with Crippen molar-refractivity contribution in [2.75, 3.05) is 25.0 Å². The molecule has 1 saturated heterocycles. The molecule has 1 fully saturated rings. The van der Waals surface area contributed by atoms with E-state index in [4.69, 9.17) is 16.3 Å². The molecule has 7 nitrogen and oxygen atoms in total. The van der Waals surface area contributed by atoms with Gasteiger partial charge in [-0.3, -0.25) is 9.59 Å². The summed E-state index contributed by atoms with van der Waals surface area (Å²) >= 11 is 6.64. The molecule has 1 aromatic heterocycles. The molecular formula is C19H18ClF3N2O5S2. The van der Waals surface area contributed by atoms with Crippen molar-refractivity contribution in [3.8, 4) is 0 Å². The zero-order chi connectivity index (χ0) is 23.5. The maximum absolute atomic E-state index is 12.9. The highest BCUT2D eigenvalue weighted by Gasteiger charge is 2.34. The van der Waals surface area contributed by atoms with Crippen LogP contribution in [0.2, 0.25) is 5.02 Å². The van der Waals surface area contributed by atoms with Gasteiger partial charge in [-0.2, -0.15) is 17.5 Å². The van der Waals surface area contributed by atoms with Crippen LogP contribution in [0.3, 0.4) is 0 Å². The fraction of sp³-hybridized carbons (Fsp3) is 0.368. The van der Waals surface area contributed by atoms with Gasteiger partial charge in [0.05, 0.1) is 16.5 Å². The van der Waals surface area contributed by atoms with Crippen LogP contribution in [0, 0.1) is 5.92 Å². The topological polar surface area (TPSA) is 92.8 Å². The molecule has 0 spiro atoms. The summed E-state index contributed by atoms with van der Waals surface area (Å²) in [6.07, 6.45) is -4.22. The number of hydrogen-bond donors (Lipinski definition) is 1. The number of thiophene rings is 1. The van der Waals surface area contributed by atoms with Gasteiger partial charge in [0.15, 0.2) is 6.61 Å². The second-order valence-electron chi connectivity index (χ2n) is 6.96. The monoisotopic (exact) mass is 510 g/mol. The largest absolute Gasteiger partial charge is 0.455 e. The molecule has 3 rings (SSSR count). The SMILES string of the molecule is O=C(COC(=O)C1CCN(S(=O)(=O)c2cccs2)CC1)Nc1ccc(Cl)c(C(F)(F)F)c1. The second kappa shape index (κ2) is 9.77. The normalized spacial score (nSPS) is 16.0. The summed E-state index contributed by atoms with van der Waals surface area (Å²) < 4.78 is 70.2. The number of ether oxygens (including phenoxy) is 1. The van der Waals surface area contributed by atoms with Crippen LogP contribution in [-0.4, -0.2) is 44.3 Å². The maximum atomic E-state index is 12.9. The van der Waals surface area contributed by atoms with Gasteiger partial charge in [-0.05, 0) is 42.5 Å². The van der Waals surface area contributed by atoms with Crippen molar-refractivity contribution < 1.29 is 35.9 Å². The third-order valence-corrected chi connectivity index (χ3v) is 8.38. The zero-order valence-electron chi connectivity index (χ0n) is 16.4. The molecule has 0 atom stereocenters. The minimum atomic E-state index is -4.68. The molecule has 1 aliphatic rings. The first-order valence-corrected chi connectivity index (χ1v) is 12.0. The third kappa shape index (κ3) is 5.80. The lowest BCUT2D eigenvalue weighted by atomic mass is 9.98. The Labute approximate surface area is 191 Å². The Morgan fingerprint density at radius 1 is 1.22 bits per heavy atom. The number of nitrogens with zero attached hydrogens (tertiary/aromatic N) is 1. The predicted octanol–water partition coefficient (Wildman–Crippen LogP) is 4.00. The van der Waals surface area contributed by atoms with Crippen molar-refractivity contribution >= 4 is 50.5 Å². The van der Waals surface area contributed by atoms with E-state index in [1.165, 1.54) is 16.4 Å². The Hall–Kier alpha value is -2.15. The molecule has 1 aliphatic heterocycles. The average molecular weight is 511 g/mol. The highest BCUT2D eigenvalue weighted by atomic mass is 35.5. The van der Waals surface area contributed by atoms with Crippen LogP contribution in [0.25, 0.3) is 0 Å². The lowest BCUT2D eigenvalue weighted by Gasteiger charge is -2.29.